The van der Waals surface area contributed by atoms with Crippen LogP contribution in [0.1, 0.15) is 23.9 Å². The van der Waals surface area contributed by atoms with Gasteiger partial charge in [-0.1, -0.05) is 0 Å². The summed E-state index contributed by atoms with van der Waals surface area (Å²) >= 11 is 1.71. The zero-order chi connectivity index (χ0) is 16.9. The molecule has 1 aliphatic rings. The van der Waals surface area contributed by atoms with Gasteiger partial charge >= 0.3 is 0 Å². The molecule has 7 heteroatoms. The normalized spacial score (nSPS) is 16.3. The monoisotopic (exact) mass is 344 g/mol. The molecular weight excluding hydrogens is 324 g/mol. The predicted octanol–water partition coefficient (Wildman–Crippen LogP) is 1.56. The van der Waals surface area contributed by atoms with Crippen LogP contribution in [0.5, 0.6) is 0 Å². The number of hydrogen-bond donors (Lipinski definition) is 2. The van der Waals surface area contributed by atoms with E-state index in [1.165, 1.54) is 11.8 Å². The molecule has 1 unspecified atom stereocenters. The SMILES string of the molecule is CC(=O)NCCNC(=O)C1CCc2sc(-c3ccncc3)nc2C1. The van der Waals surface area contributed by atoms with Crippen molar-refractivity contribution >= 4 is 23.2 Å². The molecule has 0 fully saturated rings. The number of pyridine rings is 1. The van der Waals surface area contributed by atoms with Crippen LogP contribution >= 0.6 is 11.3 Å². The maximum Gasteiger partial charge on any atom is 0.223 e. The molecule has 3 rings (SSSR count). The molecular formula is C17H20N4O2S. The van der Waals surface area contributed by atoms with E-state index in [0.717, 1.165) is 29.1 Å². The number of nitrogens with one attached hydrogen (secondary N) is 2. The summed E-state index contributed by atoms with van der Waals surface area (Å²) in [6.07, 6.45) is 5.95. The smallest absolute Gasteiger partial charge is 0.223 e. The molecule has 126 valence electrons. The number of carbonyl (C=O) groups excluding carboxylic acids is 2. The summed E-state index contributed by atoms with van der Waals surface area (Å²) in [5.74, 6) is -0.0793. The van der Waals surface area contributed by atoms with Crippen LogP contribution in [0.25, 0.3) is 10.6 Å². The number of aryl methyl sites for hydroxylation is 1. The Kier molecular flexibility index (Phi) is 5.20. The maximum absolute atomic E-state index is 12.3. The van der Waals surface area contributed by atoms with Crippen LogP contribution in [0.4, 0.5) is 0 Å². The molecule has 0 saturated carbocycles. The summed E-state index contributed by atoms with van der Waals surface area (Å²) in [7, 11) is 0. The van der Waals surface area contributed by atoms with Crippen LogP contribution in [0.2, 0.25) is 0 Å². The average Bonchev–Trinajstić information content (AvgIpc) is 3.02. The zero-order valence-electron chi connectivity index (χ0n) is 13.5. The molecule has 0 saturated heterocycles. The van der Waals surface area contributed by atoms with Gasteiger partial charge in [-0.15, -0.1) is 11.3 Å². The Balaban J connectivity index is 1.59. The fourth-order valence-corrected chi connectivity index (χ4v) is 3.90. The lowest BCUT2D eigenvalue weighted by molar-refractivity contribution is -0.125. The Morgan fingerprint density at radius 1 is 1.25 bits per heavy atom. The Labute approximate surface area is 144 Å². The van der Waals surface area contributed by atoms with E-state index in [1.807, 2.05) is 12.1 Å². The lowest BCUT2D eigenvalue weighted by Gasteiger charge is -2.20. The van der Waals surface area contributed by atoms with Crippen molar-refractivity contribution in [3.05, 3.63) is 35.1 Å². The Bertz CT molecular complexity index is 729. The van der Waals surface area contributed by atoms with Gasteiger partial charge in [-0.25, -0.2) is 4.98 Å². The number of amides is 2. The van der Waals surface area contributed by atoms with Gasteiger partial charge in [0.25, 0.3) is 0 Å². The van der Waals surface area contributed by atoms with Gasteiger partial charge in [-0.3, -0.25) is 14.6 Å². The van der Waals surface area contributed by atoms with Crippen molar-refractivity contribution in [2.45, 2.75) is 26.2 Å². The number of nitrogens with zero attached hydrogens (tertiary/aromatic N) is 2. The number of aromatic nitrogens is 2. The van der Waals surface area contributed by atoms with E-state index in [9.17, 15) is 9.59 Å². The highest BCUT2D eigenvalue weighted by Gasteiger charge is 2.27. The fourth-order valence-electron chi connectivity index (χ4n) is 2.79. The molecule has 0 radical (unpaired) electrons. The van der Waals surface area contributed by atoms with Crippen LogP contribution < -0.4 is 10.6 Å². The number of rotatable bonds is 5. The molecule has 24 heavy (non-hydrogen) atoms. The van der Waals surface area contributed by atoms with Crippen LogP contribution in [-0.4, -0.2) is 34.9 Å². The predicted molar refractivity (Wildman–Crippen MR) is 92.6 cm³/mol. The Morgan fingerprint density at radius 2 is 2.00 bits per heavy atom. The van der Waals surface area contributed by atoms with Gasteiger partial charge in [-0.05, 0) is 25.0 Å². The first-order chi connectivity index (χ1) is 11.6. The van der Waals surface area contributed by atoms with Crippen molar-refractivity contribution in [2.24, 2.45) is 5.92 Å². The van der Waals surface area contributed by atoms with Gasteiger partial charge < -0.3 is 10.6 Å². The lowest BCUT2D eigenvalue weighted by atomic mass is 9.90. The number of hydrogen-bond acceptors (Lipinski definition) is 5. The first-order valence-corrected chi connectivity index (χ1v) is 8.86. The van der Waals surface area contributed by atoms with Gasteiger partial charge in [0.2, 0.25) is 11.8 Å². The molecule has 2 amide bonds. The summed E-state index contributed by atoms with van der Waals surface area (Å²) in [4.78, 5) is 33.1. The van der Waals surface area contributed by atoms with Gasteiger partial charge in [0.05, 0.1) is 5.69 Å². The second-order valence-corrected chi connectivity index (χ2v) is 6.92. The third kappa shape index (κ3) is 3.97. The van der Waals surface area contributed by atoms with Crippen LogP contribution in [0.3, 0.4) is 0 Å². The van der Waals surface area contributed by atoms with E-state index in [0.29, 0.717) is 19.5 Å². The van der Waals surface area contributed by atoms with E-state index in [4.69, 9.17) is 4.98 Å². The van der Waals surface area contributed by atoms with E-state index in [1.54, 1.807) is 23.7 Å². The molecule has 2 aromatic heterocycles. The molecule has 1 aliphatic carbocycles. The molecule has 2 heterocycles. The van der Waals surface area contributed by atoms with Crippen molar-refractivity contribution in [2.75, 3.05) is 13.1 Å². The fraction of sp³-hybridized carbons (Fsp3) is 0.412. The summed E-state index contributed by atoms with van der Waals surface area (Å²) in [5.41, 5.74) is 2.11. The van der Waals surface area contributed by atoms with E-state index in [-0.39, 0.29) is 17.7 Å². The van der Waals surface area contributed by atoms with Gasteiger partial charge in [0.1, 0.15) is 5.01 Å². The van der Waals surface area contributed by atoms with Gasteiger partial charge in [0, 0.05) is 55.2 Å². The zero-order valence-corrected chi connectivity index (χ0v) is 14.4. The lowest BCUT2D eigenvalue weighted by Crippen LogP contribution is -2.38. The van der Waals surface area contributed by atoms with Gasteiger partial charge in [0.15, 0.2) is 0 Å². The second kappa shape index (κ2) is 7.53. The summed E-state index contributed by atoms with van der Waals surface area (Å²) in [5, 5.41) is 6.56. The topological polar surface area (TPSA) is 84.0 Å². The quantitative estimate of drug-likeness (QED) is 0.806. The minimum atomic E-state index is -0.0855. The third-order valence-electron chi connectivity index (χ3n) is 4.03. The largest absolute Gasteiger partial charge is 0.355 e. The molecule has 2 aromatic rings. The number of carbonyl (C=O) groups is 2. The molecule has 6 nitrogen and oxygen atoms in total. The van der Waals surface area contributed by atoms with E-state index < -0.39 is 0 Å². The number of thiazole rings is 1. The van der Waals surface area contributed by atoms with Gasteiger partial charge in [-0.2, -0.15) is 0 Å². The number of fused-ring (bicyclic) bond motifs is 1. The highest BCUT2D eigenvalue weighted by Crippen LogP contribution is 2.34. The van der Waals surface area contributed by atoms with Crippen LogP contribution in [0, 0.1) is 5.92 Å². The van der Waals surface area contributed by atoms with E-state index >= 15 is 0 Å². The summed E-state index contributed by atoms with van der Waals surface area (Å²) in [6, 6.07) is 3.91. The highest BCUT2D eigenvalue weighted by atomic mass is 32.1. The maximum atomic E-state index is 12.3. The highest BCUT2D eigenvalue weighted by molar-refractivity contribution is 7.15. The van der Waals surface area contributed by atoms with Crippen LogP contribution in [-0.2, 0) is 22.4 Å². The molecule has 0 spiro atoms. The molecule has 2 N–H and O–H groups in total. The first kappa shape index (κ1) is 16.6. The summed E-state index contributed by atoms with van der Waals surface area (Å²) in [6.45, 7) is 2.39. The molecule has 1 atom stereocenters. The Hall–Kier alpha value is -2.28. The third-order valence-corrected chi connectivity index (χ3v) is 5.24. The molecule has 0 aliphatic heterocycles. The second-order valence-electron chi connectivity index (χ2n) is 5.84. The van der Waals surface area contributed by atoms with Crippen molar-refractivity contribution < 1.29 is 9.59 Å². The molecule has 0 bridgehead atoms. The van der Waals surface area contributed by atoms with Crippen LogP contribution in [0.15, 0.2) is 24.5 Å². The van der Waals surface area contributed by atoms with Crippen molar-refractivity contribution in [3.8, 4) is 10.6 Å². The minimum Gasteiger partial charge on any atom is -0.355 e. The molecule has 0 aromatic carbocycles. The van der Waals surface area contributed by atoms with E-state index in [2.05, 4.69) is 15.6 Å². The summed E-state index contributed by atoms with van der Waals surface area (Å²) < 4.78 is 0. The first-order valence-electron chi connectivity index (χ1n) is 8.04. The average molecular weight is 344 g/mol. The van der Waals surface area contributed by atoms with Crippen molar-refractivity contribution in [1.82, 2.24) is 20.6 Å². The van der Waals surface area contributed by atoms with Crippen molar-refractivity contribution in [3.63, 3.8) is 0 Å². The standard InChI is InChI=1S/C17H20N4O2S/c1-11(22)19-8-9-20-16(23)13-2-3-15-14(10-13)21-17(24-15)12-4-6-18-7-5-12/h4-7,13H,2-3,8-10H2,1H3,(H,19,22)(H,20,23). The van der Waals surface area contributed by atoms with Crippen molar-refractivity contribution in [1.29, 1.82) is 0 Å². The Morgan fingerprint density at radius 3 is 2.75 bits per heavy atom. The minimum absolute atomic E-state index is 0.0396.